The number of carbonyl (C=O) groups excluding carboxylic acids is 1. The predicted octanol–water partition coefficient (Wildman–Crippen LogP) is 1.13. The van der Waals surface area contributed by atoms with Gasteiger partial charge in [0, 0.05) is 11.7 Å². The number of para-hydroxylation sites is 1. The van der Waals surface area contributed by atoms with Crippen LogP contribution in [0.1, 0.15) is 25.8 Å². The fourth-order valence-corrected chi connectivity index (χ4v) is 5.60. The summed E-state index contributed by atoms with van der Waals surface area (Å²) in [6, 6.07) is 8.40. The molecule has 1 fully saturated rings. The number of nitrogens with one attached hydrogen (secondary N) is 1. The van der Waals surface area contributed by atoms with E-state index in [9.17, 15) is 13.2 Å². The van der Waals surface area contributed by atoms with Crippen LogP contribution >= 0.6 is 0 Å². The predicted molar refractivity (Wildman–Crippen MR) is 86.8 cm³/mol. The van der Waals surface area contributed by atoms with Crippen LogP contribution in [-0.4, -0.2) is 44.0 Å². The highest BCUT2D eigenvalue weighted by molar-refractivity contribution is 7.91. The molecule has 5 nitrogen and oxygen atoms in total. The van der Waals surface area contributed by atoms with Crippen LogP contribution < -0.4 is 10.2 Å². The molecule has 22 heavy (non-hydrogen) atoms. The second-order valence-electron chi connectivity index (χ2n) is 6.76. The lowest BCUT2D eigenvalue weighted by molar-refractivity contribution is -0.121. The Balaban J connectivity index is 1.68. The fraction of sp³-hybridized carbons (Fsp3) is 0.562. The molecule has 6 heteroatoms. The maximum absolute atomic E-state index is 12.4. The number of carbonyl (C=O) groups is 1. The van der Waals surface area contributed by atoms with Gasteiger partial charge in [-0.05, 0) is 38.3 Å². The lowest BCUT2D eigenvalue weighted by Gasteiger charge is -2.28. The van der Waals surface area contributed by atoms with Crippen LogP contribution in [0.5, 0.6) is 0 Å². The Morgan fingerprint density at radius 2 is 2.14 bits per heavy atom. The van der Waals surface area contributed by atoms with Crippen molar-refractivity contribution in [3.8, 4) is 0 Å². The number of amides is 1. The van der Waals surface area contributed by atoms with Gasteiger partial charge in [-0.3, -0.25) is 4.79 Å². The van der Waals surface area contributed by atoms with E-state index < -0.39 is 15.4 Å². The highest BCUT2D eigenvalue weighted by atomic mass is 32.2. The summed E-state index contributed by atoms with van der Waals surface area (Å²) in [6.07, 6.45) is 1.43. The van der Waals surface area contributed by atoms with E-state index in [0.717, 1.165) is 12.1 Å². The first-order valence-electron chi connectivity index (χ1n) is 7.64. The molecule has 0 spiro atoms. The van der Waals surface area contributed by atoms with Gasteiger partial charge in [-0.15, -0.1) is 0 Å². The maximum atomic E-state index is 12.4. The van der Waals surface area contributed by atoms with E-state index in [0.29, 0.717) is 6.42 Å². The molecule has 0 saturated carbocycles. The van der Waals surface area contributed by atoms with Gasteiger partial charge in [0.05, 0.1) is 23.6 Å². The molecule has 2 heterocycles. The van der Waals surface area contributed by atoms with Crippen LogP contribution in [0.25, 0.3) is 0 Å². The second kappa shape index (κ2) is 5.26. The van der Waals surface area contributed by atoms with Crippen molar-refractivity contribution in [1.29, 1.82) is 0 Å². The smallest absolute Gasteiger partial charge is 0.239 e. The molecule has 0 unspecified atom stereocenters. The fourth-order valence-electron chi connectivity index (χ4n) is 3.51. The van der Waals surface area contributed by atoms with Gasteiger partial charge in [-0.1, -0.05) is 18.2 Å². The van der Waals surface area contributed by atoms with Gasteiger partial charge in [0.1, 0.15) is 0 Å². The minimum Gasteiger partial charge on any atom is -0.359 e. The third-order valence-electron chi connectivity index (χ3n) is 4.61. The molecule has 2 aliphatic rings. The van der Waals surface area contributed by atoms with Gasteiger partial charge in [0.15, 0.2) is 9.84 Å². The van der Waals surface area contributed by atoms with E-state index in [1.165, 1.54) is 5.56 Å². The maximum Gasteiger partial charge on any atom is 0.239 e. The van der Waals surface area contributed by atoms with Crippen LogP contribution in [0.3, 0.4) is 0 Å². The van der Waals surface area contributed by atoms with Crippen molar-refractivity contribution >= 4 is 21.4 Å². The normalized spacial score (nSPS) is 29.4. The zero-order valence-electron chi connectivity index (χ0n) is 13.0. The van der Waals surface area contributed by atoms with E-state index in [-0.39, 0.29) is 30.0 Å². The number of sulfone groups is 1. The van der Waals surface area contributed by atoms with Gasteiger partial charge < -0.3 is 10.2 Å². The Hall–Kier alpha value is -1.56. The van der Waals surface area contributed by atoms with E-state index in [4.69, 9.17) is 0 Å². The van der Waals surface area contributed by atoms with Gasteiger partial charge in [0.2, 0.25) is 5.91 Å². The number of hydrogen-bond acceptors (Lipinski definition) is 4. The van der Waals surface area contributed by atoms with Crippen molar-refractivity contribution in [3.05, 3.63) is 29.8 Å². The second-order valence-corrected chi connectivity index (χ2v) is 8.94. The summed E-state index contributed by atoms with van der Waals surface area (Å²) in [6.45, 7) is 4.19. The Morgan fingerprint density at radius 1 is 1.41 bits per heavy atom. The van der Waals surface area contributed by atoms with Crippen molar-refractivity contribution in [1.82, 2.24) is 5.32 Å². The summed E-state index contributed by atoms with van der Waals surface area (Å²) in [7, 11) is -3.01. The largest absolute Gasteiger partial charge is 0.359 e. The molecule has 1 aromatic carbocycles. The third-order valence-corrected chi connectivity index (χ3v) is 6.51. The summed E-state index contributed by atoms with van der Waals surface area (Å²) in [5.41, 5.74) is 1.74. The van der Waals surface area contributed by atoms with Crippen LogP contribution in [0, 0.1) is 0 Å². The highest BCUT2D eigenvalue weighted by Gasteiger charge is 2.40. The summed E-state index contributed by atoms with van der Waals surface area (Å²) < 4.78 is 23.3. The Labute approximate surface area is 131 Å². The van der Waals surface area contributed by atoms with Crippen LogP contribution in [0.4, 0.5) is 5.69 Å². The quantitative estimate of drug-likeness (QED) is 0.906. The Morgan fingerprint density at radius 3 is 2.82 bits per heavy atom. The van der Waals surface area contributed by atoms with E-state index in [1.54, 1.807) is 0 Å². The molecular weight excluding hydrogens is 300 g/mol. The van der Waals surface area contributed by atoms with E-state index in [2.05, 4.69) is 23.2 Å². The lowest BCUT2D eigenvalue weighted by atomic mass is 10.0. The van der Waals surface area contributed by atoms with Crippen LogP contribution in [0.2, 0.25) is 0 Å². The standard InChI is InChI=1S/C16H22N2O3S/c1-12-9-13-5-3-4-6-14(13)18(12)10-15(19)17-16(2)7-8-22(20,21)11-16/h3-6,12H,7-11H2,1-2H3,(H,17,19)/t12-,16+/m1/s1. The first-order chi connectivity index (χ1) is 10.3. The van der Waals surface area contributed by atoms with Crippen molar-refractivity contribution in [2.24, 2.45) is 0 Å². The average molecular weight is 322 g/mol. The lowest BCUT2D eigenvalue weighted by Crippen LogP contribution is -2.51. The molecule has 1 aromatic rings. The molecule has 1 amide bonds. The monoisotopic (exact) mass is 322 g/mol. The van der Waals surface area contributed by atoms with Gasteiger partial charge in [-0.2, -0.15) is 0 Å². The zero-order valence-corrected chi connectivity index (χ0v) is 13.8. The topological polar surface area (TPSA) is 66.5 Å². The van der Waals surface area contributed by atoms with Gasteiger partial charge in [-0.25, -0.2) is 8.42 Å². The van der Waals surface area contributed by atoms with E-state index in [1.807, 2.05) is 25.1 Å². The molecule has 1 N–H and O–H groups in total. The van der Waals surface area contributed by atoms with Crippen molar-refractivity contribution in [3.63, 3.8) is 0 Å². The van der Waals surface area contributed by atoms with Crippen LogP contribution in [-0.2, 0) is 21.1 Å². The highest BCUT2D eigenvalue weighted by Crippen LogP contribution is 2.31. The number of fused-ring (bicyclic) bond motifs is 1. The molecule has 3 rings (SSSR count). The zero-order chi connectivity index (χ0) is 16.0. The van der Waals surface area contributed by atoms with Crippen molar-refractivity contribution in [2.45, 2.75) is 38.3 Å². The number of hydrogen-bond donors (Lipinski definition) is 1. The summed E-state index contributed by atoms with van der Waals surface area (Å²) >= 11 is 0. The summed E-state index contributed by atoms with van der Waals surface area (Å²) in [5, 5.41) is 2.93. The first kappa shape index (κ1) is 15.3. The molecule has 120 valence electrons. The molecule has 0 aliphatic carbocycles. The number of rotatable bonds is 3. The summed E-state index contributed by atoms with van der Waals surface area (Å²) in [5.74, 6) is 0.0908. The first-order valence-corrected chi connectivity index (χ1v) is 9.46. The van der Waals surface area contributed by atoms with Crippen molar-refractivity contribution in [2.75, 3.05) is 23.0 Å². The molecule has 1 saturated heterocycles. The molecule has 0 radical (unpaired) electrons. The van der Waals surface area contributed by atoms with E-state index >= 15 is 0 Å². The Bertz CT molecular complexity index is 701. The molecule has 2 aliphatic heterocycles. The number of benzene rings is 1. The molecular formula is C16H22N2O3S. The number of anilines is 1. The third kappa shape index (κ3) is 2.97. The summed E-state index contributed by atoms with van der Waals surface area (Å²) in [4.78, 5) is 14.5. The SMILES string of the molecule is C[C@@H]1Cc2ccccc2N1CC(=O)N[C@@]1(C)CCS(=O)(=O)C1. The average Bonchev–Trinajstić information content (AvgIpc) is 2.87. The Kier molecular flexibility index (Phi) is 3.67. The van der Waals surface area contributed by atoms with Crippen LogP contribution in [0.15, 0.2) is 24.3 Å². The van der Waals surface area contributed by atoms with Gasteiger partial charge >= 0.3 is 0 Å². The van der Waals surface area contributed by atoms with Crippen molar-refractivity contribution < 1.29 is 13.2 Å². The number of nitrogens with zero attached hydrogens (tertiary/aromatic N) is 1. The molecule has 0 aromatic heterocycles. The minimum atomic E-state index is -3.01. The van der Waals surface area contributed by atoms with Gasteiger partial charge in [0.25, 0.3) is 0 Å². The molecule has 0 bridgehead atoms. The minimum absolute atomic E-state index is 0.0396. The molecule has 2 atom stereocenters.